The second kappa shape index (κ2) is 11.2. The van der Waals surface area contributed by atoms with E-state index in [1.54, 1.807) is 0 Å². The lowest BCUT2D eigenvalue weighted by molar-refractivity contribution is 1.01. The molecule has 0 bridgehead atoms. The normalized spacial score (nSPS) is 11.8. The van der Waals surface area contributed by atoms with E-state index in [0.29, 0.717) is 5.95 Å². The monoisotopic (exact) mass is 662 g/mol. The van der Waals surface area contributed by atoms with Crippen LogP contribution in [0.3, 0.4) is 0 Å². The van der Waals surface area contributed by atoms with Gasteiger partial charge in [-0.3, -0.25) is 4.57 Å². The summed E-state index contributed by atoms with van der Waals surface area (Å²) in [6, 6.07) is 64.8. The van der Waals surface area contributed by atoms with E-state index in [4.69, 9.17) is 9.97 Å². The van der Waals surface area contributed by atoms with Crippen LogP contribution in [0.15, 0.2) is 182 Å². The molecular weight excluding hydrogens is 633 g/mol. The lowest BCUT2D eigenvalue weighted by Gasteiger charge is -2.13. The molecule has 0 unspecified atom stereocenters. The molecule has 0 spiro atoms. The maximum Gasteiger partial charge on any atom is 0.235 e. The van der Waals surface area contributed by atoms with Crippen molar-refractivity contribution in [2.75, 3.05) is 0 Å². The summed E-state index contributed by atoms with van der Waals surface area (Å²) < 4.78 is 4.62. The number of rotatable bonds is 4. The van der Waals surface area contributed by atoms with Crippen molar-refractivity contribution in [2.24, 2.45) is 0 Å². The van der Waals surface area contributed by atoms with Crippen LogP contribution in [0.1, 0.15) is 0 Å². The molecule has 0 atom stereocenters. The standard InChI is InChI=1S/C48H30N4/c1-2-12-31(13-3-1)32-22-24-33(25-23-32)47-39-16-4-8-18-41(39)49-48(50-47)52-44-21-11-7-17-40(44)46-36-28-27-35(30-34(36)26-29-45(46)52)51-42-19-9-5-14-37(42)38-15-6-10-20-43(38)51/h1-30H. The molecule has 0 radical (unpaired) electrons. The van der Waals surface area contributed by atoms with E-state index in [-0.39, 0.29) is 0 Å². The zero-order chi connectivity index (χ0) is 34.2. The first-order chi connectivity index (χ1) is 25.8. The van der Waals surface area contributed by atoms with Crippen LogP contribution in [0.5, 0.6) is 0 Å². The molecule has 0 N–H and O–H groups in total. The van der Waals surface area contributed by atoms with E-state index in [1.807, 2.05) is 6.07 Å². The largest absolute Gasteiger partial charge is 0.309 e. The zero-order valence-electron chi connectivity index (χ0n) is 28.1. The van der Waals surface area contributed by atoms with Crippen molar-refractivity contribution in [3.8, 4) is 34.0 Å². The predicted octanol–water partition coefficient (Wildman–Crippen LogP) is 12.3. The van der Waals surface area contributed by atoms with Gasteiger partial charge in [0.05, 0.1) is 33.3 Å². The molecular formula is C48H30N4. The lowest BCUT2D eigenvalue weighted by Crippen LogP contribution is -2.03. The maximum absolute atomic E-state index is 5.35. The van der Waals surface area contributed by atoms with Crippen molar-refractivity contribution in [2.45, 2.75) is 0 Å². The minimum atomic E-state index is 0.660. The van der Waals surface area contributed by atoms with Gasteiger partial charge in [0.15, 0.2) is 0 Å². The summed E-state index contributed by atoms with van der Waals surface area (Å²) in [7, 11) is 0. The van der Waals surface area contributed by atoms with Crippen molar-refractivity contribution >= 4 is 65.3 Å². The van der Waals surface area contributed by atoms with Gasteiger partial charge in [-0.2, -0.15) is 0 Å². The van der Waals surface area contributed by atoms with Crippen LogP contribution >= 0.6 is 0 Å². The highest BCUT2D eigenvalue weighted by molar-refractivity contribution is 6.21. The summed E-state index contributed by atoms with van der Waals surface area (Å²) >= 11 is 0. The van der Waals surface area contributed by atoms with E-state index in [1.165, 1.54) is 54.5 Å². The topological polar surface area (TPSA) is 35.6 Å². The number of hydrogen-bond donors (Lipinski definition) is 0. The summed E-state index contributed by atoms with van der Waals surface area (Å²) in [6.07, 6.45) is 0. The molecule has 0 amide bonds. The summed E-state index contributed by atoms with van der Waals surface area (Å²) in [5, 5.41) is 8.33. The maximum atomic E-state index is 5.35. The van der Waals surface area contributed by atoms with Crippen LogP contribution in [0.4, 0.5) is 0 Å². The molecule has 0 aliphatic carbocycles. The quantitative estimate of drug-likeness (QED) is 0.188. The van der Waals surface area contributed by atoms with Crippen molar-refractivity contribution in [1.29, 1.82) is 0 Å². The van der Waals surface area contributed by atoms with Crippen molar-refractivity contribution in [1.82, 2.24) is 19.1 Å². The Morgan fingerprint density at radius 2 is 0.923 bits per heavy atom. The molecule has 242 valence electrons. The van der Waals surface area contributed by atoms with E-state index >= 15 is 0 Å². The molecule has 0 saturated heterocycles. The van der Waals surface area contributed by atoms with Gasteiger partial charge in [0, 0.05) is 38.2 Å². The molecule has 4 nitrogen and oxygen atoms in total. The first-order valence-corrected chi connectivity index (χ1v) is 17.7. The van der Waals surface area contributed by atoms with E-state index in [9.17, 15) is 0 Å². The second-order valence-corrected chi connectivity index (χ2v) is 13.4. The van der Waals surface area contributed by atoms with Crippen molar-refractivity contribution < 1.29 is 0 Å². The molecule has 0 fully saturated rings. The molecule has 3 heterocycles. The number of nitrogens with zero attached hydrogens (tertiary/aromatic N) is 4. The highest BCUT2D eigenvalue weighted by Crippen LogP contribution is 2.39. The SMILES string of the molecule is c1ccc(-c2ccc(-c3nc(-n4c5ccccc5c5c6ccc(-n7c8ccccc8c8ccccc87)cc6ccc54)nc4ccccc34)cc2)cc1. The third-order valence-electron chi connectivity index (χ3n) is 10.5. The number of hydrogen-bond acceptors (Lipinski definition) is 2. The number of aromatic nitrogens is 4. The first-order valence-electron chi connectivity index (χ1n) is 17.7. The van der Waals surface area contributed by atoms with Gasteiger partial charge in [-0.15, -0.1) is 0 Å². The van der Waals surface area contributed by atoms with Gasteiger partial charge in [-0.05, 0) is 64.4 Å². The minimum Gasteiger partial charge on any atom is -0.309 e. The van der Waals surface area contributed by atoms with Gasteiger partial charge in [-0.25, -0.2) is 9.97 Å². The average Bonchev–Trinajstić information content (AvgIpc) is 3.74. The van der Waals surface area contributed by atoms with Crippen LogP contribution in [0.25, 0.3) is 99.3 Å². The molecule has 4 heteroatoms. The molecule has 3 aromatic heterocycles. The van der Waals surface area contributed by atoms with Gasteiger partial charge < -0.3 is 4.57 Å². The molecule has 11 rings (SSSR count). The Bertz CT molecular complexity index is 3120. The lowest BCUT2D eigenvalue weighted by atomic mass is 10.0. The van der Waals surface area contributed by atoms with Crippen LogP contribution in [0.2, 0.25) is 0 Å². The molecule has 11 aromatic rings. The summed E-state index contributed by atoms with van der Waals surface area (Å²) in [6.45, 7) is 0. The van der Waals surface area contributed by atoms with Gasteiger partial charge in [0.2, 0.25) is 5.95 Å². The Balaban J connectivity index is 1.12. The predicted molar refractivity (Wildman–Crippen MR) is 217 cm³/mol. The van der Waals surface area contributed by atoms with Gasteiger partial charge >= 0.3 is 0 Å². The Labute approximate surface area is 299 Å². The van der Waals surface area contributed by atoms with E-state index in [0.717, 1.165) is 38.9 Å². The third kappa shape index (κ3) is 4.28. The van der Waals surface area contributed by atoms with Crippen LogP contribution in [-0.4, -0.2) is 19.1 Å². The molecule has 52 heavy (non-hydrogen) atoms. The molecule has 0 saturated carbocycles. The fraction of sp³-hybridized carbons (Fsp3) is 0. The molecule has 0 aliphatic rings. The first kappa shape index (κ1) is 28.8. The van der Waals surface area contributed by atoms with Gasteiger partial charge in [0.25, 0.3) is 0 Å². The van der Waals surface area contributed by atoms with Crippen molar-refractivity contribution in [3.63, 3.8) is 0 Å². The third-order valence-corrected chi connectivity index (χ3v) is 10.5. The van der Waals surface area contributed by atoms with Gasteiger partial charge in [0.1, 0.15) is 0 Å². The highest BCUT2D eigenvalue weighted by atomic mass is 15.2. The fourth-order valence-corrected chi connectivity index (χ4v) is 8.18. The summed E-state index contributed by atoms with van der Waals surface area (Å²) in [4.78, 5) is 10.6. The number of benzene rings is 8. The van der Waals surface area contributed by atoms with Crippen LogP contribution < -0.4 is 0 Å². The Morgan fingerprint density at radius 3 is 1.65 bits per heavy atom. The minimum absolute atomic E-state index is 0.660. The molecule has 8 aromatic carbocycles. The highest BCUT2D eigenvalue weighted by Gasteiger charge is 2.19. The zero-order valence-corrected chi connectivity index (χ0v) is 28.1. The summed E-state index contributed by atoms with van der Waals surface area (Å²) in [5.41, 5.74) is 11.0. The van der Waals surface area contributed by atoms with E-state index < -0.39 is 0 Å². The molecule has 0 aliphatic heterocycles. The smallest absolute Gasteiger partial charge is 0.235 e. The van der Waals surface area contributed by atoms with E-state index in [2.05, 4.69) is 185 Å². The van der Waals surface area contributed by atoms with Crippen LogP contribution in [-0.2, 0) is 0 Å². The average molecular weight is 663 g/mol. The van der Waals surface area contributed by atoms with Crippen LogP contribution in [0, 0.1) is 0 Å². The second-order valence-electron chi connectivity index (χ2n) is 13.4. The Kier molecular flexibility index (Phi) is 6.22. The summed E-state index contributed by atoms with van der Waals surface area (Å²) in [5.74, 6) is 0.660. The number of para-hydroxylation sites is 4. The van der Waals surface area contributed by atoms with Gasteiger partial charge in [-0.1, -0.05) is 140 Å². The van der Waals surface area contributed by atoms with Crippen molar-refractivity contribution in [3.05, 3.63) is 182 Å². The number of fused-ring (bicyclic) bond motifs is 9. The Hall–Kier alpha value is -7.04. The Morgan fingerprint density at radius 1 is 0.346 bits per heavy atom. The fourth-order valence-electron chi connectivity index (χ4n) is 8.18.